The number of nitrogens with zero attached hydrogens (tertiary/aromatic N) is 2. The second-order valence-electron chi connectivity index (χ2n) is 7.34. The van der Waals surface area contributed by atoms with Gasteiger partial charge in [-0.2, -0.15) is 0 Å². The number of hydrogen-bond acceptors (Lipinski definition) is 4. The molecule has 156 valence electrons. The number of aromatic amines is 1. The summed E-state index contributed by atoms with van der Waals surface area (Å²) in [6, 6.07) is 15.3. The highest BCUT2D eigenvalue weighted by Gasteiger charge is 2.26. The number of fused-ring (bicyclic) bond motifs is 1. The molecule has 1 unspecified atom stereocenters. The summed E-state index contributed by atoms with van der Waals surface area (Å²) in [6.07, 6.45) is 0.596. The molecule has 1 aliphatic rings. The molecule has 0 aliphatic carbocycles. The molecule has 30 heavy (non-hydrogen) atoms. The van der Waals surface area contributed by atoms with Gasteiger partial charge in [0.05, 0.1) is 17.1 Å². The molecule has 0 spiro atoms. The Labute approximate surface area is 179 Å². The lowest BCUT2D eigenvalue weighted by atomic mass is 10.2. The van der Waals surface area contributed by atoms with E-state index in [9.17, 15) is 9.59 Å². The Balaban J connectivity index is 1.24. The number of H-pyrrole nitrogens is 1. The summed E-state index contributed by atoms with van der Waals surface area (Å²) < 4.78 is 5.59. The van der Waals surface area contributed by atoms with Gasteiger partial charge in [0.15, 0.2) is 0 Å². The first kappa shape index (κ1) is 20.4. The van der Waals surface area contributed by atoms with E-state index in [0.717, 1.165) is 22.4 Å². The van der Waals surface area contributed by atoms with Crippen molar-refractivity contribution in [2.24, 2.45) is 0 Å². The largest absolute Gasteiger partial charge is 0.365 e. The fourth-order valence-corrected chi connectivity index (χ4v) is 3.63. The van der Waals surface area contributed by atoms with Crippen LogP contribution in [0.25, 0.3) is 11.0 Å². The number of aromatic nitrogens is 2. The van der Waals surface area contributed by atoms with Crippen LogP contribution in [0.5, 0.6) is 0 Å². The number of benzene rings is 2. The zero-order valence-corrected chi connectivity index (χ0v) is 17.2. The Morgan fingerprint density at radius 2 is 2.10 bits per heavy atom. The standard InChI is InChI=1S/C22H23ClN4O3/c23-16-6-7-18-19(10-16)26-20(25-18)8-9-21(28)24-11-17-13-27(22(29)14-30-17)12-15-4-2-1-3-5-15/h1-7,10,17H,8-9,11-14H2,(H,24,28)(H,25,26). The van der Waals surface area contributed by atoms with E-state index >= 15 is 0 Å². The lowest BCUT2D eigenvalue weighted by molar-refractivity contribution is -0.149. The normalized spacial score (nSPS) is 16.8. The van der Waals surface area contributed by atoms with Crippen molar-refractivity contribution in [2.75, 3.05) is 19.7 Å². The molecule has 1 aliphatic heterocycles. The van der Waals surface area contributed by atoms with Gasteiger partial charge in [-0.15, -0.1) is 0 Å². The van der Waals surface area contributed by atoms with Gasteiger partial charge < -0.3 is 19.9 Å². The van der Waals surface area contributed by atoms with Gasteiger partial charge in [0.1, 0.15) is 12.4 Å². The van der Waals surface area contributed by atoms with Crippen molar-refractivity contribution < 1.29 is 14.3 Å². The Morgan fingerprint density at radius 3 is 2.93 bits per heavy atom. The highest BCUT2D eigenvalue weighted by Crippen LogP contribution is 2.17. The third-order valence-corrected chi connectivity index (χ3v) is 5.28. The van der Waals surface area contributed by atoms with Crippen LogP contribution in [0.1, 0.15) is 17.8 Å². The zero-order valence-electron chi connectivity index (χ0n) is 16.4. The van der Waals surface area contributed by atoms with Crippen LogP contribution in [-0.4, -0.2) is 52.5 Å². The topological polar surface area (TPSA) is 87.3 Å². The monoisotopic (exact) mass is 426 g/mol. The summed E-state index contributed by atoms with van der Waals surface area (Å²) in [4.78, 5) is 33.8. The Bertz CT molecular complexity index is 1040. The highest BCUT2D eigenvalue weighted by molar-refractivity contribution is 6.31. The summed E-state index contributed by atoms with van der Waals surface area (Å²) in [5.41, 5.74) is 2.76. The average Bonchev–Trinajstić information content (AvgIpc) is 3.15. The van der Waals surface area contributed by atoms with E-state index in [1.54, 1.807) is 11.0 Å². The van der Waals surface area contributed by atoms with Crippen molar-refractivity contribution in [2.45, 2.75) is 25.5 Å². The molecular weight excluding hydrogens is 404 g/mol. The molecule has 1 atom stereocenters. The minimum Gasteiger partial charge on any atom is -0.365 e. The zero-order chi connectivity index (χ0) is 20.9. The summed E-state index contributed by atoms with van der Waals surface area (Å²) in [5, 5.41) is 3.54. The molecule has 1 fully saturated rings. The van der Waals surface area contributed by atoms with E-state index in [-0.39, 0.29) is 24.5 Å². The van der Waals surface area contributed by atoms with Crippen LogP contribution in [0, 0.1) is 0 Å². The molecular formula is C22H23ClN4O3. The first-order valence-electron chi connectivity index (χ1n) is 9.91. The lowest BCUT2D eigenvalue weighted by Gasteiger charge is -2.33. The summed E-state index contributed by atoms with van der Waals surface area (Å²) in [5.74, 6) is 0.631. The van der Waals surface area contributed by atoms with Crippen molar-refractivity contribution >= 4 is 34.4 Å². The van der Waals surface area contributed by atoms with Crippen molar-refractivity contribution in [1.29, 1.82) is 0 Å². The molecule has 4 rings (SSSR count). The van der Waals surface area contributed by atoms with Crippen LogP contribution in [0.2, 0.25) is 5.02 Å². The number of carbonyl (C=O) groups is 2. The number of imidazole rings is 1. The maximum absolute atomic E-state index is 12.3. The van der Waals surface area contributed by atoms with Crippen LogP contribution < -0.4 is 5.32 Å². The number of halogens is 1. The smallest absolute Gasteiger partial charge is 0.248 e. The number of carbonyl (C=O) groups excluding carboxylic acids is 2. The van der Waals surface area contributed by atoms with E-state index in [4.69, 9.17) is 16.3 Å². The molecule has 3 aromatic rings. The summed E-state index contributed by atoms with van der Waals surface area (Å²) >= 11 is 5.99. The van der Waals surface area contributed by atoms with E-state index in [0.29, 0.717) is 37.5 Å². The molecule has 7 nitrogen and oxygen atoms in total. The number of aryl methyl sites for hydroxylation is 1. The number of hydrogen-bond donors (Lipinski definition) is 2. The third kappa shape index (κ3) is 5.17. The maximum Gasteiger partial charge on any atom is 0.248 e. The van der Waals surface area contributed by atoms with Crippen molar-refractivity contribution in [3.8, 4) is 0 Å². The van der Waals surface area contributed by atoms with Crippen LogP contribution in [0.4, 0.5) is 0 Å². The molecule has 1 saturated heterocycles. The Kier molecular flexibility index (Phi) is 6.30. The van der Waals surface area contributed by atoms with Gasteiger partial charge in [-0.1, -0.05) is 41.9 Å². The van der Waals surface area contributed by atoms with Crippen molar-refractivity contribution in [3.63, 3.8) is 0 Å². The van der Waals surface area contributed by atoms with E-state index in [1.165, 1.54) is 0 Å². The molecule has 0 bridgehead atoms. The van der Waals surface area contributed by atoms with Gasteiger partial charge in [-0.25, -0.2) is 4.98 Å². The Morgan fingerprint density at radius 1 is 1.27 bits per heavy atom. The van der Waals surface area contributed by atoms with Crippen LogP contribution in [0.3, 0.4) is 0 Å². The predicted octanol–water partition coefficient (Wildman–Crippen LogP) is 2.69. The minimum absolute atomic E-state index is 0.0357. The predicted molar refractivity (Wildman–Crippen MR) is 114 cm³/mol. The second-order valence-corrected chi connectivity index (χ2v) is 7.78. The molecule has 2 amide bonds. The third-order valence-electron chi connectivity index (χ3n) is 5.04. The molecule has 8 heteroatoms. The second kappa shape index (κ2) is 9.28. The maximum atomic E-state index is 12.3. The van der Waals surface area contributed by atoms with Crippen molar-refractivity contribution in [3.05, 3.63) is 64.9 Å². The summed E-state index contributed by atoms with van der Waals surface area (Å²) in [6.45, 7) is 1.41. The fraction of sp³-hybridized carbons (Fsp3) is 0.318. The number of morpholine rings is 1. The van der Waals surface area contributed by atoms with Crippen LogP contribution in [0.15, 0.2) is 48.5 Å². The van der Waals surface area contributed by atoms with E-state index < -0.39 is 0 Å². The molecule has 0 radical (unpaired) electrons. The van der Waals surface area contributed by atoms with Gasteiger partial charge in [-0.05, 0) is 23.8 Å². The van der Waals surface area contributed by atoms with Crippen LogP contribution in [-0.2, 0) is 27.3 Å². The van der Waals surface area contributed by atoms with Gasteiger partial charge >= 0.3 is 0 Å². The highest BCUT2D eigenvalue weighted by atomic mass is 35.5. The molecule has 0 saturated carbocycles. The molecule has 2 aromatic carbocycles. The van der Waals surface area contributed by atoms with Crippen LogP contribution >= 0.6 is 11.6 Å². The summed E-state index contributed by atoms with van der Waals surface area (Å²) in [7, 11) is 0. The molecule has 1 aromatic heterocycles. The van der Waals surface area contributed by atoms with Gasteiger partial charge in [0.25, 0.3) is 0 Å². The molecule has 2 heterocycles. The lowest BCUT2D eigenvalue weighted by Crippen LogP contribution is -2.50. The first-order chi connectivity index (χ1) is 14.6. The number of amides is 2. The number of ether oxygens (including phenoxy) is 1. The number of nitrogens with one attached hydrogen (secondary N) is 2. The van der Waals surface area contributed by atoms with E-state index in [2.05, 4.69) is 15.3 Å². The minimum atomic E-state index is -0.219. The quantitative estimate of drug-likeness (QED) is 0.608. The van der Waals surface area contributed by atoms with Gasteiger partial charge in [-0.3, -0.25) is 9.59 Å². The molecule has 2 N–H and O–H groups in total. The SMILES string of the molecule is O=C(CCc1nc2ccc(Cl)cc2[nH]1)NCC1CN(Cc2ccccc2)C(=O)CO1. The Hall–Kier alpha value is -2.90. The first-order valence-corrected chi connectivity index (χ1v) is 10.3. The fourth-order valence-electron chi connectivity index (χ4n) is 3.46. The van der Waals surface area contributed by atoms with Gasteiger partial charge in [0, 0.05) is 37.5 Å². The van der Waals surface area contributed by atoms with Gasteiger partial charge in [0.2, 0.25) is 11.8 Å². The van der Waals surface area contributed by atoms with Crippen molar-refractivity contribution in [1.82, 2.24) is 20.2 Å². The average molecular weight is 427 g/mol. The number of rotatable bonds is 7. The van der Waals surface area contributed by atoms with E-state index in [1.807, 2.05) is 42.5 Å².